The Morgan fingerprint density at radius 2 is 1.85 bits per heavy atom. The van der Waals surface area contributed by atoms with Gasteiger partial charge in [0.25, 0.3) is 0 Å². The smallest absolute Gasteiger partial charge is 0.126 e. The van der Waals surface area contributed by atoms with Crippen LogP contribution in [0.15, 0.2) is 24.3 Å². The first-order valence-electron chi connectivity index (χ1n) is 4.87. The van der Waals surface area contributed by atoms with Gasteiger partial charge in [-0.15, -0.1) is 0 Å². The van der Waals surface area contributed by atoms with E-state index in [-0.39, 0.29) is 5.82 Å². The third-order valence-electron chi connectivity index (χ3n) is 2.15. The van der Waals surface area contributed by atoms with Gasteiger partial charge in [-0.3, -0.25) is 0 Å². The van der Waals surface area contributed by atoms with Crippen LogP contribution in [0.5, 0.6) is 0 Å². The molecule has 1 heteroatoms. The lowest BCUT2D eigenvalue weighted by Crippen LogP contribution is -1.89. The van der Waals surface area contributed by atoms with Gasteiger partial charge in [0.05, 0.1) is 0 Å². The summed E-state index contributed by atoms with van der Waals surface area (Å²) < 4.78 is 13.1. The Morgan fingerprint density at radius 1 is 1.08 bits per heavy atom. The molecule has 0 spiro atoms. The van der Waals surface area contributed by atoms with Gasteiger partial charge in [-0.25, -0.2) is 4.39 Å². The summed E-state index contributed by atoms with van der Waals surface area (Å²) in [6.07, 6.45) is 5.20. The third kappa shape index (κ3) is 3.58. The van der Waals surface area contributed by atoms with Crippen molar-refractivity contribution in [2.24, 2.45) is 0 Å². The molecule has 1 aromatic carbocycles. The van der Waals surface area contributed by atoms with Crippen LogP contribution in [0.2, 0.25) is 0 Å². The first kappa shape index (κ1) is 10.2. The van der Waals surface area contributed by atoms with E-state index in [1.807, 2.05) is 12.1 Å². The van der Waals surface area contributed by atoms with Crippen molar-refractivity contribution in [2.45, 2.75) is 32.1 Å². The molecule has 71 valence electrons. The fourth-order valence-corrected chi connectivity index (χ4v) is 1.37. The van der Waals surface area contributed by atoms with Gasteiger partial charge >= 0.3 is 0 Å². The summed E-state index contributed by atoms with van der Waals surface area (Å²) in [6.45, 7) is 3.77. The molecule has 0 unspecified atom stereocenters. The van der Waals surface area contributed by atoms with Gasteiger partial charge in [0, 0.05) is 0 Å². The fraction of sp³-hybridized carbons (Fsp3) is 0.417. The minimum absolute atomic E-state index is 0.0721. The van der Waals surface area contributed by atoms with Crippen LogP contribution >= 0.6 is 0 Å². The molecule has 0 fully saturated rings. The molecule has 0 aliphatic heterocycles. The van der Waals surface area contributed by atoms with E-state index >= 15 is 0 Å². The SMILES string of the molecule is [CH2]CCCCCc1ccccc1F. The van der Waals surface area contributed by atoms with Crippen LogP contribution in [-0.2, 0) is 6.42 Å². The number of rotatable bonds is 5. The van der Waals surface area contributed by atoms with E-state index in [2.05, 4.69) is 6.92 Å². The van der Waals surface area contributed by atoms with E-state index in [0.717, 1.165) is 37.7 Å². The van der Waals surface area contributed by atoms with Crippen LogP contribution in [0.1, 0.15) is 31.2 Å². The number of halogens is 1. The molecule has 0 bridgehead atoms. The van der Waals surface area contributed by atoms with E-state index in [1.54, 1.807) is 6.07 Å². The summed E-state index contributed by atoms with van der Waals surface area (Å²) in [5, 5.41) is 0. The topological polar surface area (TPSA) is 0 Å². The number of hydrogen-bond acceptors (Lipinski definition) is 0. The highest BCUT2D eigenvalue weighted by Gasteiger charge is 1.98. The Kier molecular flexibility index (Phi) is 4.52. The molecule has 0 saturated carbocycles. The van der Waals surface area contributed by atoms with Gasteiger partial charge in [0.1, 0.15) is 5.82 Å². The molecule has 0 aliphatic rings. The zero-order valence-corrected chi connectivity index (χ0v) is 7.93. The van der Waals surface area contributed by atoms with Crippen molar-refractivity contribution in [2.75, 3.05) is 0 Å². The van der Waals surface area contributed by atoms with Gasteiger partial charge in [-0.1, -0.05) is 44.4 Å². The molecule has 0 saturated heterocycles. The molecular weight excluding hydrogens is 163 g/mol. The van der Waals surface area contributed by atoms with Crippen molar-refractivity contribution >= 4 is 0 Å². The first-order valence-corrected chi connectivity index (χ1v) is 4.87. The minimum atomic E-state index is -0.0721. The zero-order valence-electron chi connectivity index (χ0n) is 7.93. The Morgan fingerprint density at radius 3 is 2.54 bits per heavy atom. The Bertz CT molecular complexity index is 243. The molecule has 1 radical (unpaired) electrons. The maximum Gasteiger partial charge on any atom is 0.126 e. The Labute approximate surface area is 79.8 Å². The van der Waals surface area contributed by atoms with Gasteiger partial charge in [-0.05, 0) is 24.5 Å². The number of benzene rings is 1. The number of hydrogen-bond donors (Lipinski definition) is 0. The molecule has 1 rings (SSSR count). The maximum atomic E-state index is 13.1. The average Bonchev–Trinajstić information content (AvgIpc) is 2.15. The molecule has 1 aromatic rings. The van der Waals surface area contributed by atoms with Crippen LogP contribution in [0, 0.1) is 12.7 Å². The lowest BCUT2D eigenvalue weighted by molar-refractivity contribution is 0.596. The summed E-state index contributed by atoms with van der Waals surface area (Å²) in [7, 11) is 0. The predicted octanol–water partition coefficient (Wildman–Crippen LogP) is 3.76. The van der Waals surface area contributed by atoms with E-state index in [0.29, 0.717) is 0 Å². The van der Waals surface area contributed by atoms with Crippen LogP contribution < -0.4 is 0 Å². The largest absolute Gasteiger partial charge is 0.207 e. The Hall–Kier alpha value is -0.850. The molecule has 0 atom stereocenters. The highest BCUT2D eigenvalue weighted by molar-refractivity contribution is 5.17. The van der Waals surface area contributed by atoms with Crippen molar-refractivity contribution in [1.82, 2.24) is 0 Å². The third-order valence-corrected chi connectivity index (χ3v) is 2.15. The van der Waals surface area contributed by atoms with Crippen LogP contribution in [0.3, 0.4) is 0 Å². The molecule has 0 heterocycles. The summed E-state index contributed by atoms with van der Waals surface area (Å²) in [5.41, 5.74) is 0.839. The molecule has 0 aliphatic carbocycles. The van der Waals surface area contributed by atoms with Crippen LogP contribution in [0.25, 0.3) is 0 Å². The zero-order chi connectivity index (χ0) is 9.52. The van der Waals surface area contributed by atoms with E-state index in [9.17, 15) is 4.39 Å². The maximum absolute atomic E-state index is 13.1. The minimum Gasteiger partial charge on any atom is -0.207 e. The number of aryl methyl sites for hydroxylation is 1. The summed E-state index contributed by atoms with van der Waals surface area (Å²) in [5.74, 6) is -0.0721. The predicted molar refractivity (Wildman–Crippen MR) is 53.9 cm³/mol. The molecule has 0 nitrogen and oxygen atoms in total. The van der Waals surface area contributed by atoms with Gasteiger partial charge < -0.3 is 0 Å². The van der Waals surface area contributed by atoms with Crippen LogP contribution in [0.4, 0.5) is 4.39 Å². The fourth-order valence-electron chi connectivity index (χ4n) is 1.37. The first-order chi connectivity index (χ1) is 6.34. The quantitative estimate of drug-likeness (QED) is 0.604. The summed E-state index contributed by atoms with van der Waals surface area (Å²) in [4.78, 5) is 0. The Balaban J connectivity index is 2.32. The van der Waals surface area contributed by atoms with Crippen molar-refractivity contribution < 1.29 is 4.39 Å². The molecule has 0 amide bonds. The highest BCUT2D eigenvalue weighted by atomic mass is 19.1. The van der Waals surface area contributed by atoms with Crippen molar-refractivity contribution in [3.8, 4) is 0 Å². The lowest BCUT2D eigenvalue weighted by atomic mass is 10.1. The van der Waals surface area contributed by atoms with Crippen LogP contribution in [-0.4, -0.2) is 0 Å². The van der Waals surface area contributed by atoms with E-state index in [4.69, 9.17) is 0 Å². The lowest BCUT2D eigenvalue weighted by Gasteiger charge is -2.01. The molecular formula is C12H16F. The standard InChI is InChI=1S/C12H16F/c1-2-3-4-5-8-11-9-6-7-10-12(11)13/h6-7,9-10H,1-5,8H2. The van der Waals surface area contributed by atoms with Gasteiger partial charge in [0.15, 0.2) is 0 Å². The second-order valence-electron chi connectivity index (χ2n) is 3.26. The van der Waals surface area contributed by atoms with E-state index < -0.39 is 0 Å². The average molecular weight is 179 g/mol. The second kappa shape index (κ2) is 5.74. The second-order valence-corrected chi connectivity index (χ2v) is 3.26. The van der Waals surface area contributed by atoms with Gasteiger partial charge in [0.2, 0.25) is 0 Å². The normalized spacial score (nSPS) is 10.3. The molecule has 0 aromatic heterocycles. The number of unbranched alkanes of at least 4 members (excludes halogenated alkanes) is 3. The van der Waals surface area contributed by atoms with Crippen molar-refractivity contribution in [1.29, 1.82) is 0 Å². The molecule has 13 heavy (non-hydrogen) atoms. The summed E-state index contributed by atoms with van der Waals surface area (Å²) in [6, 6.07) is 7.00. The molecule has 0 N–H and O–H groups in total. The monoisotopic (exact) mass is 179 g/mol. The highest BCUT2D eigenvalue weighted by Crippen LogP contribution is 2.11. The van der Waals surface area contributed by atoms with Gasteiger partial charge in [-0.2, -0.15) is 0 Å². The van der Waals surface area contributed by atoms with E-state index in [1.165, 1.54) is 6.07 Å². The summed E-state index contributed by atoms with van der Waals surface area (Å²) >= 11 is 0. The van der Waals surface area contributed by atoms with Crippen molar-refractivity contribution in [3.05, 3.63) is 42.6 Å². The van der Waals surface area contributed by atoms with Crippen molar-refractivity contribution in [3.63, 3.8) is 0 Å².